The third-order valence-electron chi connectivity index (χ3n) is 4.67. The average Bonchev–Trinajstić information content (AvgIpc) is 2.45. The van der Waals surface area contributed by atoms with Gasteiger partial charge in [-0.05, 0) is 47.8 Å². The summed E-state index contributed by atoms with van der Waals surface area (Å²) >= 11 is 0. The van der Waals surface area contributed by atoms with Crippen molar-refractivity contribution in [2.75, 3.05) is 0 Å². The minimum Gasteiger partial charge on any atom is -0.507 e. The maximum atomic E-state index is 10.8. The molecular weight excluding hydrogens is 256 g/mol. The Morgan fingerprint density at radius 1 is 0.952 bits per heavy atom. The van der Waals surface area contributed by atoms with Gasteiger partial charge >= 0.3 is 0 Å². The molecule has 0 aromatic heterocycles. The molecule has 0 saturated heterocycles. The molecule has 1 aromatic carbocycles. The molecule has 0 atom stereocenters. The van der Waals surface area contributed by atoms with Crippen LogP contribution in [0.3, 0.4) is 0 Å². The lowest BCUT2D eigenvalue weighted by molar-refractivity contribution is 0.404. The molecule has 0 aliphatic carbocycles. The van der Waals surface area contributed by atoms with Crippen molar-refractivity contribution in [2.24, 2.45) is 0 Å². The number of benzene rings is 1. The van der Waals surface area contributed by atoms with Gasteiger partial charge in [-0.1, -0.05) is 72.4 Å². The first-order valence-corrected chi connectivity index (χ1v) is 8.82. The number of phenolic OH excluding ortho intramolecular Hbond substituents is 1. The van der Waals surface area contributed by atoms with Crippen molar-refractivity contribution in [3.8, 4) is 5.75 Å². The molecule has 0 radical (unpaired) electrons. The maximum absolute atomic E-state index is 10.8. The van der Waals surface area contributed by atoms with Crippen LogP contribution >= 0.6 is 0 Å². The van der Waals surface area contributed by atoms with Gasteiger partial charge < -0.3 is 5.11 Å². The zero-order valence-corrected chi connectivity index (χ0v) is 14.8. The molecule has 0 saturated carbocycles. The number of hydrogen-bond acceptors (Lipinski definition) is 1. The first-order valence-electron chi connectivity index (χ1n) is 8.82. The molecule has 1 heteroatoms. The van der Waals surface area contributed by atoms with Crippen LogP contribution in [0.25, 0.3) is 0 Å². The number of aryl methyl sites for hydroxylation is 1. The van der Waals surface area contributed by atoms with E-state index in [0.29, 0.717) is 5.75 Å². The lowest BCUT2D eigenvalue weighted by Crippen LogP contribution is -2.18. The molecule has 0 heterocycles. The third-order valence-corrected chi connectivity index (χ3v) is 4.67. The van der Waals surface area contributed by atoms with Crippen molar-refractivity contribution in [3.63, 3.8) is 0 Å². The Bertz CT molecular complexity index is 432. The Hall–Kier alpha value is -0.980. The van der Waals surface area contributed by atoms with E-state index >= 15 is 0 Å². The summed E-state index contributed by atoms with van der Waals surface area (Å²) in [6.45, 7) is 11.1. The summed E-state index contributed by atoms with van der Waals surface area (Å²) in [6.07, 6.45) is 9.32. The van der Waals surface area contributed by atoms with E-state index in [1.54, 1.807) is 0 Å². The molecule has 0 aliphatic heterocycles. The molecule has 0 spiro atoms. The van der Waals surface area contributed by atoms with Gasteiger partial charge in [-0.15, -0.1) is 0 Å². The van der Waals surface area contributed by atoms with E-state index in [2.05, 4.69) is 46.8 Å². The number of aromatic hydroxyl groups is 1. The fourth-order valence-corrected chi connectivity index (χ4v) is 3.17. The van der Waals surface area contributed by atoms with E-state index in [9.17, 15) is 5.11 Å². The Morgan fingerprint density at radius 3 is 2.19 bits per heavy atom. The topological polar surface area (TPSA) is 20.2 Å². The minimum atomic E-state index is 0.0620. The lowest BCUT2D eigenvalue weighted by Gasteiger charge is -2.28. The largest absolute Gasteiger partial charge is 0.507 e. The quantitative estimate of drug-likeness (QED) is 0.540. The van der Waals surface area contributed by atoms with Gasteiger partial charge in [0.15, 0.2) is 0 Å². The van der Waals surface area contributed by atoms with E-state index in [4.69, 9.17) is 0 Å². The molecule has 0 aliphatic rings. The van der Waals surface area contributed by atoms with Crippen LogP contribution in [0.15, 0.2) is 12.1 Å². The van der Waals surface area contributed by atoms with Gasteiger partial charge in [-0.25, -0.2) is 0 Å². The molecule has 120 valence electrons. The highest BCUT2D eigenvalue weighted by Crippen LogP contribution is 2.38. The van der Waals surface area contributed by atoms with Gasteiger partial charge in [0.1, 0.15) is 5.75 Å². The monoisotopic (exact) mass is 290 g/mol. The summed E-state index contributed by atoms with van der Waals surface area (Å²) in [5.41, 5.74) is 3.71. The van der Waals surface area contributed by atoms with E-state index in [1.165, 1.54) is 43.2 Å². The molecule has 0 unspecified atom stereocenters. The van der Waals surface area contributed by atoms with Crippen molar-refractivity contribution in [2.45, 2.75) is 91.4 Å². The molecule has 1 rings (SSSR count). The highest BCUT2D eigenvalue weighted by molar-refractivity contribution is 5.48. The van der Waals surface area contributed by atoms with Crippen LogP contribution in [-0.2, 0) is 18.3 Å². The van der Waals surface area contributed by atoms with Crippen molar-refractivity contribution in [1.29, 1.82) is 0 Å². The van der Waals surface area contributed by atoms with E-state index in [1.807, 2.05) is 0 Å². The van der Waals surface area contributed by atoms with E-state index in [0.717, 1.165) is 24.8 Å². The van der Waals surface area contributed by atoms with Crippen LogP contribution in [-0.4, -0.2) is 5.11 Å². The SMILES string of the molecule is CCCCCC(C)(C)c1ccc(CCCC)c(CC)c1O. The molecular formula is C20H34O. The van der Waals surface area contributed by atoms with Gasteiger partial charge in [-0.2, -0.15) is 0 Å². The summed E-state index contributed by atoms with van der Waals surface area (Å²) in [7, 11) is 0. The lowest BCUT2D eigenvalue weighted by atomic mass is 9.77. The second kappa shape index (κ2) is 8.46. The third kappa shape index (κ3) is 4.76. The minimum absolute atomic E-state index is 0.0620. The zero-order chi connectivity index (χ0) is 15.9. The van der Waals surface area contributed by atoms with Crippen molar-refractivity contribution in [3.05, 3.63) is 28.8 Å². The predicted octanol–water partition coefficient (Wildman–Crippen LogP) is 6.16. The summed E-state index contributed by atoms with van der Waals surface area (Å²) in [5, 5.41) is 10.8. The first kappa shape index (κ1) is 18.1. The van der Waals surface area contributed by atoms with E-state index in [-0.39, 0.29) is 5.41 Å². The van der Waals surface area contributed by atoms with Crippen LogP contribution in [0.4, 0.5) is 0 Å². The van der Waals surface area contributed by atoms with Crippen LogP contribution in [0.5, 0.6) is 5.75 Å². The molecule has 1 aromatic rings. The molecule has 21 heavy (non-hydrogen) atoms. The maximum Gasteiger partial charge on any atom is 0.122 e. The van der Waals surface area contributed by atoms with Crippen LogP contribution in [0.1, 0.15) is 89.8 Å². The van der Waals surface area contributed by atoms with Gasteiger partial charge in [-0.3, -0.25) is 0 Å². The summed E-state index contributed by atoms with van der Waals surface area (Å²) in [6, 6.07) is 4.43. The second-order valence-electron chi connectivity index (χ2n) is 6.90. The zero-order valence-electron chi connectivity index (χ0n) is 14.8. The van der Waals surface area contributed by atoms with Crippen LogP contribution in [0.2, 0.25) is 0 Å². The summed E-state index contributed by atoms with van der Waals surface area (Å²) in [4.78, 5) is 0. The fourth-order valence-electron chi connectivity index (χ4n) is 3.17. The van der Waals surface area contributed by atoms with Crippen LogP contribution in [0, 0.1) is 0 Å². The summed E-state index contributed by atoms with van der Waals surface area (Å²) in [5.74, 6) is 0.563. The Morgan fingerprint density at radius 2 is 1.62 bits per heavy atom. The molecule has 0 fully saturated rings. The Kier molecular flexibility index (Phi) is 7.28. The summed E-state index contributed by atoms with van der Waals surface area (Å²) < 4.78 is 0. The van der Waals surface area contributed by atoms with Gasteiger partial charge in [0, 0.05) is 0 Å². The average molecular weight is 290 g/mol. The van der Waals surface area contributed by atoms with Crippen LogP contribution < -0.4 is 0 Å². The van der Waals surface area contributed by atoms with Gasteiger partial charge in [0.2, 0.25) is 0 Å². The number of phenols is 1. The standard InChI is InChI=1S/C20H34O/c1-6-9-11-15-20(4,5)18-14-13-16(12-10-7-2)17(8-3)19(18)21/h13-14,21H,6-12,15H2,1-5H3. The first-order chi connectivity index (χ1) is 9.97. The normalized spacial score (nSPS) is 11.9. The highest BCUT2D eigenvalue weighted by Gasteiger charge is 2.25. The Balaban J connectivity index is 3.02. The second-order valence-corrected chi connectivity index (χ2v) is 6.90. The molecule has 1 nitrogen and oxygen atoms in total. The van der Waals surface area contributed by atoms with Gasteiger partial charge in [0.05, 0.1) is 0 Å². The van der Waals surface area contributed by atoms with Gasteiger partial charge in [0.25, 0.3) is 0 Å². The van der Waals surface area contributed by atoms with Crippen molar-refractivity contribution < 1.29 is 5.11 Å². The number of rotatable bonds is 9. The van der Waals surface area contributed by atoms with Crippen molar-refractivity contribution in [1.82, 2.24) is 0 Å². The predicted molar refractivity (Wildman–Crippen MR) is 93.3 cm³/mol. The molecule has 0 bridgehead atoms. The fraction of sp³-hybridized carbons (Fsp3) is 0.700. The Labute approximate surface area is 131 Å². The molecule has 1 N–H and O–H groups in total. The number of unbranched alkanes of at least 4 members (excludes halogenated alkanes) is 3. The smallest absolute Gasteiger partial charge is 0.122 e. The van der Waals surface area contributed by atoms with Crippen molar-refractivity contribution >= 4 is 0 Å². The molecule has 0 amide bonds. The van der Waals surface area contributed by atoms with E-state index < -0.39 is 0 Å². The highest BCUT2D eigenvalue weighted by atomic mass is 16.3. The number of hydrogen-bond donors (Lipinski definition) is 1.